The van der Waals surface area contributed by atoms with Gasteiger partial charge in [0.1, 0.15) is 11.6 Å². The second-order valence-electron chi connectivity index (χ2n) is 4.78. The first-order valence-electron chi connectivity index (χ1n) is 6.52. The number of hydrogen-bond acceptors (Lipinski definition) is 4. The summed E-state index contributed by atoms with van der Waals surface area (Å²) in [4.78, 5) is 4.92. The zero-order valence-corrected chi connectivity index (χ0v) is 12.5. The fourth-order valence-corrected chi connectivity index (χ4v) is 2.71. The number of phenolic OH excluding ortho intramolecular Hbond substituents is 1. The van der Waals surface area contributed by atoms with Crippen LogP contribution in [0.2, 0.25) is 0 Å². The van der Waals surface area contributed by atoms with Crippen LogP contribution >= 0.6 is 0 Å². The fraction of sp³-hybridized carbons (Fsp3) is 0.0625. The van der Waals surface area contributed by atoms with Crippen molar-refractivity contribution in [2.45, 2.75) is 4.90 Å². The molecule has 22 heavy (non-hydrogen) atoms. The molecule has 1 atom stereocenters. The Hall–Kier alpha value is -2.47. The lowest BCUT2D eigenvalue weighted by Gasteiger charge is -2.11. The summed E-state index contributed by atoms with van der Waals surface area (Å²) in [5, 5.41) is 13.0. The Labute approximate surface area is 129 Å². The number of nitrogens with zero attached hydrogens (tertiary/aromatic N) is 1. The van der Waals surface area contributed by atoms with Crippen molar-refractivity contribution >= 4 is 33.1 Å². The first kappa shape index (κ1) is 14.5. The number of fused-ring (bicyclic) bond motifs is 1. The van der Waals surface area contributed by atoms with Gasteiger partial charge in [0.05, 0.1) is 11.2 Å². The van der Waals surface area contributed by atoms with Crippen LogP contribution in [-0.2, 0) is 10.8 Å². The fourth-order valence-electron chi connectivity index (χ4n) is 2.16. The van der Waals surface area contributed by atoms with Gasteiger partial charge in [0.25, 0.3) is 0 Å². The highest BCUT2D eigenvalue weighted by Crippen LogP contribution is 2.29. The highest BCUT2D eigenvalue weighted by molar-refractivity contribution is 7.84. The van der Waals surface area contributed by atoms with Crippen LogP contribution in [0.5, 0.6) is 5.75 Å². The zero-order chi connectivity index (χ0) is 15.7. The molecular formula is C16H13FN2O2S. The number of anilines is 2. The largest absolute Gasteiger partial charge is 0.508 e. The number of benzene rings is 2. The molecule has 0 aliphatic rings. The number of hydrogen-bond donors (Lipinski definition) is 2. The summed E-state index contributed by atoms with van der Waals surface area (Å²) in [5.41, 5.74) is 1.62. The van der Waals surface area contributed by atoms with E-state index in [1.165, 1.54) is 12.1 Å². The summed E-state index contributed by atoms with van der Waals surface area (Å²) in [6, 6.07) is 10.9. The Balaban J connectivity index is 2.09. The molecule has 1 aromatic heterocycles. The molecule has 0 spiro atoms. The average molecular weight is 316 g/mol. The predicted octanol–water partition coefficient (Wildman–Crippen LogP) is 3.56. The molecule has 0 saturated carbocycles. The lowest BCUT2D eigenvalue weighted by Crippen LogP contribution is -1.96. The second kappa shape index (κ2) is 5.73. The number of nitrogens with one attached hydrogen (secondary N) is 1. The van der Waals surface area contributed by atoms with Gasteiger partial charge in [0.15, 0.2) is 0 Å². The monoisotopic (exact) mass is 316 g/mol. The van der Waals surface area contributed by atoms with Crippen LogP contribution in [-0.4, -0.2) is 20.6 Å². The molecule has 0 fully saturated rings. The van der Waals surface area contributed by atoms with E-state index in [1.807, 2.05) is 0 Å². The first-order chi connectivity index (χ1) is 10.5. The standard InChI is InChI=1S/C16H13FN2O2S/c1-22(21)11-3-5-14-12(9-11)15(6-7-18-14)19-16-4-2-10(20)8-13(16)17/h2-9,20H,1H3,(H,18,19). The number of phenols is 1. The minimum absolute atomic E-state index is 0.133. The topological polar surface area (TPSA) is 62.2 Å². The van der Waals surface area contributed by atoms with Gasteiger partial charge >= 0.3 is 0 Å². The smallest absolute Gasteiger partial charge is 0.150 e. The average Bonchev–Trinajstić information content (AvgIpc) is 2.49. The maximum Gasteiger partial charge on any atom is 0.150 e. The number of aromatic hydroxyl groups is 1. The molecule has 2 aromatic carbocycles. The van der Waals surface area contributed by atoms with Crippen LogP contribution in [0, 0.1) is 5.82 Å². The van der Waals surface area contributed by atoms with Crippen molar-refractivity contribution in [2.24, 2.45) is 0 Å². The Bertz CT molecular complexity index is 883. The Morgan fingerprint density at radius 1 is 1.14 bits per heavy atom. The van der Waals surface area contributed by atoms with Crippen LogP contribution in [0.4, 0.5) is 15.8 Å². The number of halogens is 1. The van der Waals surface area contributed by atoms with Crippen molar-refractivity contribution in [2.75, 3.05) is 11.6 Å². The SMILES string of the molecule is CS(=O)c1ccc2nccc(Nc3ccc(O)cc3F)c2c1. The van der Waals surface area contributed by atoms with Crippen LogP contribution in [0.3, 0.4) is 0 Å². The van der Waals surface area contributed by atoms with E-state index < -0.39 is 16.6 Å². The van der Waals surface area contributed by atoms with Crippen molar-refractivity contribution < 1.29 is 13.7 Å². The van der Waals surface area contributed by atoms with Crippen LogP contribution in [0.1, 0.15) is 0 Å². The molecule has 3 rings (SSSR count). The van der Waals surface area contributed by atoms with E-state index in [0.29, 0.717) is 10.6 Å². The Kier molecular flexibility index (Phi) is 3.77. The van der Waals surface area contributed by atoms with Gasteiger partial charge in [0.2, 0.25) is 0 Å². The third-order valence-corrected chi connectivity index (χ3v) is 4.18. The normalized spacial score (nSPS) is 12.3. The predicted molar refractivity (Wildman–Crippen MR) is 85.4 cm³/mol. The lowest BCUT2D eigenvalue weighted by atomic mass is 10.1. The molecule has 3 aromatic rings. The van der Waals surface area contributed by atoms with Gasteiger partial charge in [-0.15, -0.1) is 0 Å². The van der Waals surface area contributed by atoms with Crippen molar-refractivity contribution in [3.63, 3.8) is 0 Å². The van der Waals surface area contributed by atoms with Gasteiger partial charge in [0, 0.05) is 45.3 Å². The van der Waals surface area contributed by atoms with E-state index in [0.717, 1.165) is 17.0 Å². The Morgan fingerprint density at radius 2 is 1.95 bits per heavy atom. The molecule has 6 heteroatoms. The van der Waals surface area contributed by atoms with Gasteiger partial charge in [-0.1, -0.05) is 0 Å². The van der Waals surface area contributed by atoms with E-state index in [1.54, 1.807) is 36.7 Å². The molecule has 1 heterocycles. The van der Waals surface area contributed by atoms with E-state index in [9.17, 15) is 13.7 Å². The van der Waals surface area contributed by atoms with Gasteiger partial charge in [-0.05, 0) is 36.4 Å². The van der Waals surface area contributed by atoms with Gasteiger partial charge < -0.3 is 10.4 Å². The maximum absolute atomic E-state index is 13.9. The maximum atomic E-state index is 13.9. The molecular weight excluding hydrogens is 303 g/mol. The third-order valence-electron chi connectivity index (χ3n) is 3.27. The summed E-state index contributed by atoms with van der Waals surface area (Å²) in [5.74, 6) is -0.688. The summed E-state index contributed by atoms with van der Waals surface area (Å²) >= 11 is 0. The lowest BCUT2D eigenvalue weighted by molar-refractivity contribution is 0.469. The van der Waals surface area contributed by atoms with Crippen molar-refractivity contribution in [3.8, 4) is 5.75 Å². The van der Waals surface area contributed by atoms with Crippen LogP contribution < -0.4 is 5.32 Å². The third kappa shape index (κ3) is 2.78. The van der Waals surface area contributed by atoms with Crippen LogP contribution in [0.25, 0.3) is 10.9 Å². The van der Waals surface area contributed by atoms with E-state index >= 15 is 0 Å². The minimum Gasteiger partial charge on any atom is -0.508 e. The second-order valence-corrected chi connectivity index (χ2v) is 6.16. The van der Waals surface area contributed by atoms with Crippen molar-refractivity contribution in [1.29, 1.82) is 0 Å². The summed E-state index contributed by atoms with van der Waals surface area (Å²) in [6.07, 6.45) is 3.22. The molecule has 0 bridgehead atoms. The highest BCUT2D eigenvalue weighted by Gasteiger charge is 2.08. The minimum atomic E-state index is -1.11. The first-order valence-corrected chi connectivity index (χ1v) is 8.08. The quantitative estimate of drug-likeness (QED) is 0.725. The van der Waals surface area contributed by atoms with E-state index in [4.69, 9.17) is 0 Å². The molecule has 4 nitrogen and oxygen atoms in total. The van der Waals surface area contributed by atoms with Gasteiger partial charge in [-0.25, -0.2) is 4.39 Å². The molecule has 0 amide bonds. The number of pyridine rings is 1. The highest BCUT2D eigenvalue weighted by atomic mass is 32.2. The number of aromatic nitrogens is 1. The molecule has 2 N–H and O–H groups in total. The number of rotatable bonds is 3. The molecule has 1 unspecified atom stereocenters. The summed E-state index contributed by atoms with van der Waals surface area (Å²) in [7, 11) is -1.11. The van der Waals surface area contributed by atoms with Crippen molar-refractivity contribution in [3.05, 3.63) is 54.5 Å². The van der Waals surface area contributed by atoms with E-state index in [2.05, 4.69) is 10.3 Å². The summed E-state index contributed by atoms with van der Waals surface area (Å²) in [6.45, 7) is 0. The van der Waals surface area contributed by atoms with Gasteiger partial charge in [-0.2, -0.15) is 0 Å². The molecule has 0 aliphatic carbocycles. The summed E-state index contributed by atoms with van der Waals surface area (Å²) < 4.78 is 25.5. The molecule has 112 valence electrons. The van der Waals surface area contributed by atoms with Crippen molar-refractivity contribution in [1.82, 2.24) is 4.98 Å². The molecule has 0 saturated heterocycles. The molecule has 0 aliphatic heterocycles. The van der Waals surface area contributed by atoms with Crippen LogP contribution in [0.15, 0.2) is 53.6 Å². The van der Waals surface area contributed by atoms with E-state index in [-0.39, 0.29) is 11.4 Å². The van der Waals surface area contributed by atoms with Gasteiger partial charge in [-0.3, -0.25) is 9.19 Å². The molecule has 0 radical (unpaired) electrons. The zero-order valence-electron chi connectivity index (χ0n) is 11.7. The Morgan fingerprint density at radius 3 is 2.68 bits per heavy atom.